The summed E-state index contributed by atoms with van der Waals surface area (Å²) in [5.41, 5.74) is -0.406. The zero-order valence-corrected chi connectivity index (χ0v) is 11.8. The summed E-state index contributed by atoms with van der Waals surface area (Å²) < 4.78 is 11.1. The Morgan fingerprint density at radius 2 is 2.05 bits per heavy atom. The molecule has 2 fully saturated rings. The van der Waals surface area contributed by atoms with Crippen LogP contribution in [0.5, 0.6) is 0 Å². The van der Waals surface area contributed by atoms with Crippen LogP contribution in [0.2, 0.25) is 0 Å². The van der Waals surface area contributed by atoms with Gasteiger partial charge in [-0.25, -0.2) is 0 Å². The van der Waals surface area contributed by atoms with E-state index < -0.39 is 5.72 Å². The predicted octanol–water partition coefficient (Wildman–Crippen LogP) is 1.60. The number of hydrogen-bond donors (Lipinski definition) is 0. The van der Waals surface area contributed by atoms with E-state index in [2.05, 4.69) is 11.9 Å². The highest BCUT2D eigenvalue weighted by Crippen LogP contribution is 2.34. The smallest absolute Gasteiger partial charge is 0.291 e. The minimum atomic E-state index is -0.406. The molecule has 0 aliphatic carbocycles. The van der Waals surface area contributed by atoms with Crippen LogP contribution < -0.4 is 0 Å². The standard InChI is InChI=1S/C13H18N2O3.ClH/c1-14-6-4-13(5-7-14)15(8-10-18-13)12(16)11-3-2-9-17-11;/h2-3,9H,4-8,10H2,1H3;1H. The molecular weight excluding hydrogens is 268 g/mol. The van der Waals surface area contributed by atoms with Crippen molar-refractivity contribution in [1.82, 2.24) is 9.80 Å². The number of likely N-dealkylation sites (tertiary alicyclic amines) is 1. The van der Waals surface area contributed by atoms with Gasteiger partial charge in [-0.2, -0.15) is 0 Å². The van der Waals surface area contributed by atoms with E-state index >= 15 is 0 Å². The van der Waals surface area contributed by atoms with Gasteiger partial charge in [0.2, 0.25) is 0 Å². The van der Waals surface area contributed by atoms with Gasteiger partial charge in [0, 0.05) is 32.5 Å². The van der Waals surface area contributed by atoms with Crippen LogP contribution in [0.4, 0.5) is 0 Å². The first-order valence-electron chi connectivity index (χ1n) is 6.39. The molecule has 3 rings (SSSR count). The average Bonchev–Trinajstić information content (AvgIpc) is 3.03. The van der Waals surface area contributed by atoms with Crippen LogP contribution in [0.1, 0.15) is 23.4 Å². The van der Waals surface area contributed by atoms with Crippen molar-refractivity contribution >= 4 is 18.3 Å². The lowest BCUT2D eigenvalue weighted by molar-refractivity contribution is -0.103. The maximum atomic E-state index is 12.4. The Labute approximate surface area is 118 Å². The first kappa shape index (κ1) is 14.4. The number of carbonyl (C=O) groups is 1. The fraction of sp³-hybridized carbons (Fsp3) is 0.615. The van der Waals surface area contributed by atoms with Crippen LogP contribution in [0, 0.1) is 0 Å². The molecule has 5 nitrogen and oxygen atoms in total. The molecule has 106 valence electrons. The molecule has 0 saturated carbocycles. The molecule has 2 aliphatic heterocycles. The molecule has 1 aromatic heterocycles. The van der Waals surface area contributed by atoms with E-state index in [9.17, 15) is 4.79 Å². The highest BCUT2D eigenvalue weighted by atomic mass is 35.5. The van der Waals surface area contributed by atoms with Crippen molar-refractivity contribution in [3.8, 4) is 0 Å². The Morgan fingerprint density at radius 1 is 1.32 bits per heavy atom. The quantitative estimate of drug-likeness (QED) is 0.787. The van der Waals surface area contributed by atoms with Crippen molar-refractivity contribution in [2.24, 2.45) is 0 Å². The van der Waals surface area contributed by atoms with Gasteiger partial charge in [-0.1, -0.05) is 0 Å². The predicted molar refractivity (Wildman–Crippen MR) is 72.4 cm³/mol. The van der Waals surface area contributed by atoms with Crippen molar-refractivity contribution in [2.75, 3.05) is 33.3 Å². The van der Waals surface area contributed by atoms with E-state index in [1.54, 1.807) is 12.1 Å². The summed E-state index contributed by atoms with van der Waals surface area (Å²) in [6.45, 7) is 3.20. The third-order valence-electron chi connectivity index (χ3n) is 3.92. The van der Waals surface area contributed by atoms with Crippen LogP contribution in [0.25, 0.3) is 0 Å². The number of hydrogen-bond acceptors (Lipinski definition) is 4. The van der Waals surface area contributed by atoms with Crippen molar-refractivity contribution in [1.29, 1.82) is 0 Å². The van der Waals surface area contributed by atoms with Crippen LogP contribution in [0.3, 0.4) is 0 Å². The van der Waals surface area contributed by atoms with Crippen molar-refractivity contribution < 1.29 is 13.9 Å². The van der Waals surface area contributed by atoms with Crippen LogP contribution >= 0.6 is 12.4 Å². The van der Waals surface area contributed by atoms with Gasteiger partial charge in [0.1, 0.15) is 5.72 Å². The molecular formula is C13H19ClN2O3. The summed E-state index contributed by atoms with van der Waals surface area (Å²) in [5.74, 6) is 0.348. The maximum absolute atomic E-state index is 12.4. The SMILES string of the molecule is CN1CCC2(CC1)OCCN2C(=O)c1ccco1.Cl. The van der Waals surface area contributed by atoms with Crippen molar-refractivity contribution in [2.45, 2.75) is 18.6 Å². The van der Waals surface area contributed by atoms with Gasteiger partial charge >= 0.3 is 0 Å². The average molecular weight is 287 g/mol. The molecule has 0 N–H and O–H groups in total. The third-order valence-corrected chi connectivity index (χ3v) is 3.92. The second-order valence-electron chi connectivity index (χ2n) is 5.03. The van der Waals surface area contributed by atoms with E-state index in [1.807, 2.05) is 4.90 Å². The Hall–Kier alpha value is -1.04. The Morgan fingerprint density at radius 3 is 2.68 bits per heavy atom. The number of nitrogens with zero attached hydrogens (tertiary/aromatic N) is 2. The zero-order valence-electron chi connectivity index (χ0n) is 11.0. The molecule has 0 radical (unpaired) electrons. The highest BCUT2D eigenvalue weighted by Gasteiger charge is 2.47. The molecule has 3 heterocycles. The van der Waals surface area contributed by atoms with Crippen molar-refractivity contribution in [3.05, 3.63) is 24.2 Å². The van der Waals surface area contributed by atoms with E-state index in [4.69, 9.17) is 9.15 Å². The number of rotatable bonds is 1. The lowest BCUT2D eigenvalue weighted by Crippen LogP contribution is -2.54. The summed E-state index contributed by atoms with van der Waals surface area (Å²) in [6.07, 6.45) is 3.28. The van der Waals surface area contributed by atoms with Gasteiger partial charge < -0.3 is 19.0 Å². The van der Waals surface area contributed by atoms with Crippen LogP contribution in [-0.2, 0) is 4.74 Å². The van der Waals surface area contributed by atoms with E-state index in [0.29, 0.717) is 18.9 Å². The van der Waals surface area contributed by atoms with Gasteiger partial charge in [-0.3, -0.25) is 4.79 Å². The largest absolute Gasteiger partial charge is 0.459 e. The van der Waals surface area contributed by atoms with E-state index in [-0.39, 0.29) is 18.3 Å². The number of furan rings is 1. The second kappa shape index (κ2) is 5.53. The molecule has 1 spiro atoms. The van der Waals surface area contributed by atoms with Crippen LogP contribution in [-0.4, -0.2) is 54.7 Å². The minimum Gasteiger partial charge on any atom is -0.459 e. The number of ether oxygens (including phenoxy) is 1. The minimum absolute atomic E-state index is 0. The molecule has 0 atom stereocenters. The lowest BCUT2D eigenvalue weighted by Gasteiger charge is -2.42. The molecule has 1 amide bonds. The van der Waals surface area contributed by atoms with Gasteiger partial charge in [0.15, 0.2) is 5.76 Å². The fourth-order valence-corrected chi connectivity index (χ4v) is 2.81. The van der Waals surface area contributed by atoms with Crippen LogP contribution in [0.15, 0.2) is 22.8 Å². The summed E-state index contributed by atoms with van der Waals surface area (Å²) in [5, 5.41) is 0. The maximum Gasteiger partial charge on any atom is 0.291 e. The van der Waals surface area contributed by atoms with E-state index in [1.165, 1.54) is 6.26 Å². The topological polar surface area (TPSA) is 45.9 Å². The fourth-order valence-electron chi connectivity index (χ4n) is 2.81. The van der Waals surface area contributed by atoms with Gasteiger partial charge in [-0.05, 0) is 19.2 Å². The monoisotopic (exact) mass is 286 g/mol. The van der Waals surface area contributed by atoms with Crippen molar-refractivity contribution in [3.63, 3.8) is 0 Å². The lowest BCUT2D eigenvalue weighted by atomic mass is 9.99. The number of carbonyl (C=O) groups excluding carboxylic acids is 1. The number of amides is 1. The highest BCUT2D eigenvalue weighted by molar-refractivity contribution is 5.92. The molecule has 2 aliphatic rings. The van der Waals surface area contributed by atoms with E-state index in [0.717, 1.165) is 25.9 Å². The van der Waals surface area contributed by atoms with Gasteiger partial charge in [0.05, 0.1) is 12.9 Å². The molecule has 0 aromatic carbocycles. The Kier molecular flexibility index (Phi) is 4.18. The number of piperidine rings is 1. The zero-order chi connectivity index (χ0) is 12.6. The Bertz CT molecular complexity index is 427. The van der Waals surface area contributed by atoms with Gasteiger partial charge in [0.25, 0.3) is 5.91 Å². The Balaban J connectivity index is 0.00000133. The molecule has 2 saturated heterocycles. The summed E-state index contributed by atoms with van der Waals surface area (Å²) in [6, 6.07) is 3.45. The summed E-state index contributed by atoms with van der Waals surface area (Å²) in [7, 11) is 2.10. The molecule has 19 heavy (non-hydrogen) atoms. The summed E-state index contributed by atoms with van der Waals surface area (Å²) in [4.78, 5) is 16.5. The first-order chi connectivity index (χ1) is 8.71. The third kappa shape index (κ3) is 2.50. The molecule has 1 aromatic rings. The summed E-state index contributed by atoms with van der Waals surface area (Å²) >= 11 is 0. The van der Waals surface area contributed by atoms with Gasteiger partial charge in [-0.15, -0.1) is 12.4 Å². The molecule has 6 heteroatoms. The molecule has 0 bridgehead atoms. The second-order valence-corrected chi connectivity index (χ2v) is 5.03. The molecule has 0 unspecified atom stereocenters. The first-order valence-corrected chi connectivity index (χ1v) is 6.39. The number of halogens is 1. The normalized spacial score (nSPS) is 22.5.